The second-order valence-electron chi connectivity index (χ2n) is 6.53. The van der Waals surface area contributed by atoms with Gasteiger partial charge in [-0.3, -0.25) is 4.79 Å². The number of halogens is 1. The number of aliphatic hydroxyl groups is 1. The first-order valence-electron chi connectivity index (χ1n) is 8.55. The lowest BCUT2D eigenvalue weighted by Crippen LogP contribution is -2.43. The highest BCUT2D eigenvalue weighted by Gasteiger charge is 2.37. The van der Waals surface area contributed by atoms with Crippen molar-refractivity contribution in [1.82, 2.24) is 20.7 Å². The van der Waals surface area contributed by atoms with E-state index >= 15 is 0 Å². The van der Waals surface area contributed by atoms with Gasteiger partial charge >= 0.3 is 0 Å². The van der Waals surface area contributed by atoms with Crippen molar-refractivity contribution >= 4 is 5.91 Å². The van der Waals surface area contributed by atoms with Crippen LogP contribution in [-0.2, 0) is 0 Å². The highest BCUT2D eigenvalue weighted by atomic mass is 19.1. The normalized spacial score (nSPS) is 20.1. The molecule has 0 aliphatic heterocycles. The van der Waals surface area contributed by atoms with E-state index in [1.54, 1.807) is 30.3 Å². The molecule has 2 aromatic heterocycles. The van der Waals surface area contributed by atoms with Gasteiger partial charge in [0.2, 0.25) is 17.6 Å². The van der Waals surface area contributed by atoms with Gasteiger partial charge in [0, 0.05) is 17.5 Å². The Bertz CT molecular complexity index is 947. The Balaban J connectivity index is 1.37. The van der Waals surface area contributed by atoms with Crippen LogP contribution in [0.5, 0.6) is 0 Å². The Hall–Kier alpha value is -3.07. The molecule has 3 aromatic rings. The molecule has 0 unspecified atom stereocenters. The number of rotatable bonds is 5. The molecule has 0 saturated heterocycles. The molecule has 0 bridgehead atoms. The van der Waals surface area contributed by atoms with Crippen molar-refractivity contribution < 1.29 is 23.2 Å². The zero-order valence-corrected chi connectivity index (χ0v) is 14.4. The molecule has 1 aliphatic carbocycles. The third-order valence-electron chi connectivity index (χ3n) is 4.53. The van der Waals surface area contributed by atoms with Crippen LogP contribution in [0.25, 0.3) is 11.3 Å². The predicted molar refractivity (Wildman–Crippen MR) is 90.1 cm³/mol. The summed E-state index contributed by atoms with van der Waals surface area (Å²) in [6, 6.07) is 8.51. The van der Waals surface area contributed by atoms with Crippen molar-refractivity contribution in [2.75, 3.05) is 0 Å². The van der Waals surface area contributed by atoms with Gasteiger partial charge in [0.25, 0.3) is 11.7 Å². The maximum absolute atomic E-state index is 14.5. The first-order chi connectivity index (χ1) is 13.0. The van der Waals surface area contributed by atoms with Crippen LogP contribution in [0.2, 0.25) is 0 Å². The van der Waals surface area contributed by atoms with Gasteiger partial charge in [-0.05, 0) is 19.8 Å². The third-order valence-corrected chi connectivity index (χ3v) is 4.53. The molecule has 0 radical (unpaired) electrons. The van der Waals surface area contributed by atoms with Crippen molar-refractivity contribution in [3.8, 4) is 11.3 Å². The van der Waals surface area contributed by atoms with Gasteiger partial charge in [-0.1, -0.05) is 35.5 Å². The lowest BCUT2D eigenvalue weighted by Gasteiger charge is -2.33. The molecule has 1 atom stereocenters. The van der Waals surface area contributed by atoms with Gasteiger partial charge in [-0.2, -0.15) is 4.39 Å². The van der Waals surface area contributed by atoms with Crippen molar-refractivity contribution in [3.05, 3.63) is 53.7 Å². The molecule has 1 saturated carbocycles. The predicted octanol–water partition coefficient (Wildman–Crippen LogP) is 2.59. The summed E-state index contributed by atoms with van der Waals surface area (Å²) < 4.78 is 24.8. The standard InChI is InChI=1S/C18H17FN4O4/c1-9(24)17-21-22-18(26-17)11-7-12(8-11)20-16(25)15-13(19)14(23-27-15)10-5-3-2-4-6-10/h2-6,9,11-12,24H,7-8H2,1H3,(H,20,25)/t9-,11?,12?/m1/s1. The average Bonchev–Trinajstić information content (AvgIpc) is 3.25. The van der Waals surface area contributed by atoms with Crippen LogP contribution < -0.4 is 5.32 Å². The molecule has 27 heavy (non-hydrogen) atoms. The fourth-order valence-electron chi connectivity index (χ4n) is 2.96. The van der Waals surface area contributed by atoms with Gasteiger partial charge in [0.15, 0.2) is 5.69 Å². The SMILES string of the molecule is C[C@@H](O)c1nnc(C2CC(NC(=O)c3onc(-c4ccccc4)c3F)C2)o1. The Morgan fingerprint density at radius 1 is 1.30 bits per heavy atom. The molecule has 1 amide bonds. The highest BCUT2D eigenvalue weighted by Crippen LogP contribution is 2.36. The molecule has 1 aliphatic rings. The number of hydrogen-bond acceptors (Lipinski definition) is 7. The number of aromatic nitrogens is 3. The van der Waals surface area contributed by atoms with Gasteiger partial charge in [0.05, 0.1) is 0 Å². The molecule has 140 valence electrons. The maximum Gasteiger partial charge on any atom is 0.293 e. The number of amides is 1. The topological polar surface area (TPSA) is 114 Å². The van der Waals surface area contributed by atoms with E-state index in [9.17, 15) is 14.3 Å². The van der Waals surface area contributed by atoms with Gasteiger partial charge in [-0.25, -0.2) is 0 Å². The summed E-state index contributed by atoms with van der Waals surface area (Å²) in [6.07, 6.45) is 0.332. The molecule has 1 aromatic carbocycles. The summed E-state index contributed by atoms with van der Waals surface area (Å²) in [5.74, 6) is -1.29. The smallest absolute Gasteiger partial charge is 0.293 e. The number of carbonyl (C=O) groups excluding carboxylic acids is 1. The molecule has 2 N–H and O–H groups in total. The third kappa shape index (κ3) is 3.33. The summed E-state index contributed by atoms with van der Waals surface area (Å²) in [7, 11) is 0. The number of nitrogens with one attached hydrogen (secondary N) is 1. The Morgan fingerprint density at radius 2 is 2.04 bits per heavy atom. The van der Waals surface area contributed by atoms with Crippen LogP contribution in [0.3, 0.4) is 0 Å². The summed E-state index contributed by atoms with van der Waals surface area (Å²) in [5, 5.41) is 23.5. The van der Waals surface area contributed by atoms with E-state index in [2.05, 4.69) is 20.7 Å². The lowest BCUT2D eigenvalue weighted by molar-refractivity contribution is 0.0858. The molecule has 0 spiro atoms. The van der Waals surface area contributed by atoms with Crippen LogP contribution in [0.1, 0.15) is 54.1 Å². The summed E-state index contributed by atoms with van der Waals surface area (Å²) >= 11 is 0. The van der Waals surface area contributed by atoms with Crippen LogP contribution >= 0.6 is 0 Å². The second kappa shape index (κ2) is 6.92. The first kappa shape index (κ1) is 17.3. The molecular formula is C18H17FN4O4. The zero-order valence-electron chi connectivity index (χ0n) is 14.4. The minimum absolute atomic E-state index is 0.00347. The van der Waals surface area contributed by atoms with Gasteiger partial charge in [-0.15, -0.1) is 10.2 Å². The zero-order chi connectivity index (χ0) is 19.0. The summed E-state index contributed by atoms with van der Waals surface area (Å²) in [4.78, 5) is 12.3. The largest absolute Gasteiger partial charge is 0.422 e. The van der Waals surface area contributed by atoms with Crippen LogP contribution in [0, 0.1) is 5.82 Å². The van der Waals surface area contributed by atoms with Crippen LogP contribution in [-0.4, -0.2) is 32.4 Å². The van der Waals surface area contributed by atoms with E-state index in [4.69, 9.17) is 8.94 Å². The number of aliphatic hydroxyl groups excluding tert-OH is 1. The fourth-order valence-corrected chi connectivity index (χ4v) is 2.96. The number of carbonyl (C=O) groups is 1. The van der Waals surface area contributed by atoms with Gasteiger partial charge < -0.3 is 19.4 Å². The van der Waals surface area contributed by atoms with Gasteiger partial charge in [0.1, 0.15) is 6.10 Å². The molecule has 2 heterocycles. The summed E-state index contributed by atoms with van der Waals surface area (Å²) in [5.41, 5.74) is 0.538. The molecule has 4 rings (SSSR count). The molecular weight excluding hydrogens is 355 g/mol. The first-order valence-corrected chi connectivity index (χ1v) is 8.55. The van der Waals surface area contributed by atoms with E-state index in [-0.39, 0.29) is 23.5 Å². The minimum Gasteiger partial charge on any atom is -0.422 e. The average molecular weight is 372 g/mol. The fraction of sp³-hybridized carbons (Fsp3) is 0.333. The summed E-state index contributed by atoms with van der Waals surface area (Å²) in [6.45, 7) is 1.54. The van der Waals surface area contributed by atoms with Crippen molar-refractivity contribution in [2.24, 2.45) is 0 Å². The Kier molecular flexibility index (Phi) is 4.44. The van der Waals surface area contributed by atoms with Crippen LogP contribution in [0.4, 0.5) is 4.39 Å². The minimum atomic E-state index is -0.824. The lowest BCUT2D eigenvalue weighted by atomic mass is 9.80. The van der Waals surface area contributed by atoms with Crippen molar-refractivity contribution in [3.63, 3.8) is 0 Å². The molecule has 9 heteroatoms. The maximum atomic E-state index is 14.5. The monoisotopic (exact) mass is 372 g/mol. The van der Waals surface area contributed by atoms with Crippen LogP contribution in [0.15, 0.2) is 39.3 Å². The molecule has 1 fully saturated rings. The number of nitrogens with zero attached hydrogens (tertiary/aromatic N) is 3. The van der Waals surface area contributed by atoms with E-state index in [1.165, 1.54) is 6.92 Å². The van der Waals surface area contributed by atoms with E-state index in [0.717, 1.165) is 0 Å². The Labute approximate surface area is 153 Å². The van der Waals surface area contributed by atoms with E-state index in [0.29, 0.717) is 24.3 Å². The number of benzene rings is 1. The van der Waals surface area contributed by atoms with Crippen molar-refractivity contribution in [2.45, 2.75) is 37.8 Å². The molecule has 8 nitrogen and oxygen atoms in total. The quantitative estimate of drug-likeness (QED) is 0.707. The van der Waals surface area contributed by atoms with E-state index in [1.807, 2.05) is 0 Å². The second-order valence-corrected chi connectivity index (χ2v) is 6.53. The van der Waals surface area contributed by atoms with Crippen molar-refractivity contribution in [1.29, 1.82) is 0 Å². The van der Waals surface area contributed by atoms with E-state index < -0.39 is 23.6 Å². The Morgan fingerprint density at radius 3 is 2.70 bits per heavy atom. The highest BCUT2D eigenvalue weighted by molar-refractivity contribution is 5.93. The number of hydrogen-bond donors (Lipinski definition) is 2.